The third-order valence-electron chi connectivity index (χ3n) is 3.95. The summed E-state index contributed by atoms with van der Waals surface area (Å²) in [6.07, 6.45) is 7.29. The van der Waals surface area contributed by atoms with Crippen LogP contribution in [-0.2, 0) is 12.8 Å². The molecule has 21 heavy (non-hydrogen) atoms. The van der Waals surface area contributed by atoms with Crippen LogP contribution in [-0.4, -0.2) is 0 Å². The highest BCUT2D eigenvalue weighted by atomic mass is 14.2. The van der Waals surface area contributed by atoms with Gasteiger partial charge in [0.15, 0.2) is 0 Å². The summed E-state index contributed by atoms with van der Waals surface area (Å²) in [5, 5.41) is 0. The van der Waals surface area contributed by atoms with Gasteiger partial charge in [-0.1, -0.05) is 80.6 Å². The molecule has 2 aromatic rings. The van der Waals surface area contributed by atoms with Gasteiger partial charge in [-0.25, -0.2) is 0 Å². The molecule has 0 aromatic heterocycles. The number of hydrogen-bond donors (Lipinski definition) is 0. The van der Waals surface area contributed by atoms with Crippen LogP contribution in [0.15, 0.2) is 67.8 Å². The lowest BCUT2D eigenvalue weighted by Gasteiger charge is -2.19. The van der Waals surface area contributed by atoms with Gasteiger partial charge in [0.2, 0.25) is 0 Å². The minimum Gasteiger partial charge on any atom is -0.102 e. The van der Waals surface area contributed by atoms with Crippen LogP contribution in [0.4, 0.5) is 0 Å². The summed E-state index contributed by atoms with van der Waals surface area (Å²) in [6, 6.07) is 17.2. The van der Waals surface area contributed by atoms with E-state index in [1.807, 2.05) is 6.08 Å². The van der Waals surface area contributed by atoms with Crippen LogP contribution in [0, 0.1) is 0 Å². The number of allylic oxidation sites excluding steroid dienone is 1. The Morgan fingerprint density at radius 2 is 1.76 bits per heavy atom. The largest absolute Gasteiger partial charge is 0.102 e. The highest BCUT2D eigenvalue weighted by Crippen LogP contribution is 2.29. The van der Waals surface area contributed by atoms with Crippen LogP contribution in [0.25, 0.3) is 6.08 Å². The molecule has 0 nitrogen and oxygen atoms in total. The molecule has 0 heteroatoms. The van der Waals surface area contributed by atoms with Crippen molar-refractivity contribution in [1.29, 1.82) is 0 Å². The van der Waals surface area contributed by atoms with Crippen molar-refractivity contribution in [2.75, 3.05) is 0 Å². The van der Waals surface area contributed by atoms with Gasteiger partial charge in [-0.05, 0) is 35.1 Å². The molecule has 2 rings (SSSR count). The Morgan fingerprint density at radius 3 is 2.38 bits per heavy atom. The molecule has 108 valence electrons. The molecular formula is C21H24. The Bertz CT molecular complexity index is 593. The fourth-order valence-corrected chi connectivity index (χ4v) is 2.89. The second-order valence-electron chi connectivity index (χ2n) is 5.40. The molecule has 0 bridgehead atoms. The average Bonchev–Trinajstić information content (AvgIpc) is 2.54. The Hall–Kier alpha value is -2.08. The van der Waals surface area contributed by atoms with Crippen LogP contribution in [0.3, 0.4) is 0 Å². The molecule has 0 aliphatic heterocycles. The zero-order valence-electron chi connectivity index (χ0n) is 12.9. The first-order chi connectivity index (χ1) is 10.3. The molecule has 0 saturated heterocycles. The molecule has 0 spiro atoms. The summed E-state index contributed by atoms with van der Waals surface area (Å²) in [6.45, 7) is 10.2. The van der Waals surface area contributed by atoms with E-state index in [4.69, 9.17) is 0 Å². The summed E-state index contributed by atoms with van der Waals surface area (Å²) >= 11 is 0. The predicted molar refractivity (Wildman–Crippen MR) is 93.6 cm³/mol. The SMILES string of the molecule is C=Cc1cccc(C(C=C)Cc2ccccc2)c1CCC. The Kier molecular flexibility index (Phi) is 5.57. The summed E-state index contributed by atoms with van der Waals surface area (Å²) in [4.78, 5) is 0. The molecule has 0 heterocycles. The van der Waals surface area contributed by atoms with Crippen LogP contribution >= 0.6 is 0 Å². The summed E-state index contributed by atoms with van der Waals surface area (Å²) in [5.74, 6) is 0.355. The zero-order valence-corrected chi connectivity index (χ0v) is 12.9. The van der Waals surface area contributed by atoms with Crippen molar-refractivity contribution < 1.29 is 0 Å². The third-order valence-corrected chi connectivity index (χ3v) is 3.95. The standard InChI is InChI=1S/C21H24/c1-4-11-20-18(5-2)14-10-15-21(20)19(6-3)16-17-12-8-7-9-13-17/h5-10,12-15,19H,2-4,11,16H2,1H3. The number of hydrogen-bond acceptors (Lipinski definition) is 0. The van der Waals surface area contributed by atoms with E-state index >= 15 is 0 Å². The molecule has 0 aliphatic rings. The van der Waals surface area contributed by atoms with E-state index in [1.165, 1.54) is 22.3 Å². The van der Waals surface area contributed by atoms with Gasteiger partial charge in [-0.3, -0.25) is 0 Å². The van der Waals surface area contributed by atoms with Gasteiger partial charge in [0.05, 0.1) is 0 Å². The van der Waals surface area contributed by atoms with Gasteiger partial charge < -0.3 is 0 Å². The first kappa shape index (κ1) is 15.3. The molecule has 0 amide bonds. The Balaban J connectivity index is 2.37. The monoisotopic (exact) mass is 276 g/mol. The second-order valence-corrected chi connectivity index (χ2v) is 5.40. The van der Waals surface area contributed by atoms with Crippen LogP contribution in [0.5, 0.6) is 0 Å². The molecule has 0 aliphatic carbocycles. The molecule has 0 fully saturated rings. The highest BCUT2D eigenvalue weighted by Gasteiger charge is 2.14. The molecular weight excluding hydrogens is 252 g/mol. The van der Waals surface area contributed by atoms with E-state index in [-0.39, 0.29) is 0 Å². The van der Waals surface area contributed by atoms with E-state index < -0.39 is 0 Å². The van der Waals surface area contributed by atoms with E-state index in [9.17, 15) is 0 Å². The fraction of sp³-hybridized carbons (Fsp3) is 0.238. The number of benzene rings is 2. The van der Waals surface area contributed by atoms with E-state index in [0.717, 1.165) is 19.3 Å². The van der Waals surface area contributed by atoms with Crippen LogP contribution in [0.2, 0.25) is 0 Å². The lowest BCUT2D eigenvalue weighted by Crippen LogP contribution is -2.05. The van der Waals surface area contributed by atoms with Crippen molar-refractivity contribution in [2.24, 2.45) is 0 Å². The summed E-state index contributed by atoms with van der Waals surface area (Å²) < 4.78 is 0. The van der Waals surface area contributed by atoms with E-state index in [1.54, 1.807) is 0 Å². The van der Waals surface area contributed by atoms with Gasteiger partial charge >= 0.3 is 0 Å². The maximum atomic E-state index is 4.06. The summed E-state index contributed by atoms with van der Waals surface area (Å²) in [7, 11) is 0. The zero-order chi connectivity index (χ0) is 15.1. The van der Waals surface area contributed by atoms with Crippen molar-refractivity contribution in [3.63, 3.8) is 0 Å². The minimum absolute atomic E-state index is 0.355. The molecule has 0 saturated carbocycles. The van der Waals surface area contributed by atoms with Crippen LogP contribution < -0.4 is 0 Å². The highest BCUT2D eigenvalue weighted by molar-refractivity contribution is 5.55. The Labute approximate surface area is 128 Å². The van der Waals surface area contributed by atoms with Gasteiger partial charge in [0, 0.05) is 5.92 Å². The first-order valence-electron chi connectivity index (χ1n) is 7.70. The van der Waals surface area contributed by atoms with E-state index in [0.29, 0.717) is 5.92 Å². The lowest BCUT2D eigenvalue weighted by atomic mass is 9.85. The van der Waals surface area contributed by atoms with Gasteiger partial charge in [0.25, 0.3) is 0 Å². The minimum atomic E-state index is 0.355. The van der Waals surface area contributed by atoms with Crippen molar-refractivity contribution in [1.82, 2.24) is 0 Å². The topological polar surface area (TPSA) is 0 Å². The first-order valence-corrected chi connectivity index (χ1v) is 7.70. The normalized spacial score (nSPS) is 11.9. The van der Waals surface area contributed by atoms with Crippen molar-refractivity contribution in [3.05, 3.63) is 90.0 Å². The predicted octanol–water partition coefficient (Wildman–Crippen LogP) is 5.79. The van der Waals surface area contributed by atoms with Gasteiger partial charge in [-0.2, -0.15) is 0 Å². The van der Waals surface area contributed by atoms with Crippen molar-refractivity contribution in [3.8, 4) is 0 Å². The molecule has 0 radical (unpaired) electrons. The van der Waals surface area contributed by atoms with Crippen LogP contribution in [0.1, 0.15) is 41.5 Å². The summed E-state index contributed by atoms with van der Waals surface area (Å²) in [5.41, 5.74) is 5.44. The fourth-order valence-electron chi connectivity index (χ4n) is 2.89. The number of rotatable bonds is 7. The van der Waals surface area contributed by atoms with Gasteiger partial charge in [0.1, 0.15) is 0 Å². The quantitative estimate of drug-likeness (QED) is 0.561. The smallest absolute Gasteiger partial charge is 0.00586 e. The molecule has 2 aromatic carbocycles. The van der Waals surface area contributed by atoms with Crippen molar-refractivity contribution >= 4 is 6.08 Å². The maximum Gasteiger partial charge on any atom is 0.00586 e. The molecule has 0 N–H and O–H groups in total. The second kappa shape index (κ2) is 7.64. The maximum absolute atomic E-state index is 4.06. The average molecular weight is 276 g/mol. The Morgan fingerprint density at radius 1 is 1.00 bits per heavy atom. The van der Waals surface area contributed by atoms with E-state index in [2.05, 4.69) is 74.7 Å². The van der Waals surface area contributed by atoms with Crippen molar-refractivity contribution in [2.45, 2.75) is 32.1 Å². The van der Waals surface area contributed by atoms with Gasteiger partial charge in [-0.15, -0.1) is 6.58 Å². The molecule has 1 atom stereocenters. The lowest BCUT2D eigenvalue weighted by molar-refractivity contribution is 0.804. The molecule has 1 unspecified atom stereocenters. The third kappa shape index (κ3) is 3.72.